The monoisotopic (exact) mass is 171 g/mol. The van der Waals surface area contributed by atoms with Gasteiger partial charge >= 0.3 is 6.47 Å². The predicted octanol–water partition coefficient (Wildman–Crippen LogP) is 2.53. The fraction of sp³-hybridized carbons (Fsp3) is 0.900. The van der Waals surface area contributed by atoms with Crippen molar-refractivity contribution < 1.29 is 9.53 Å². The number of rotatable bonds is 6. The van der Waals surface area contributed by atoms with E-state index in [9.17, 15) is 4.79 Å². The van der Waals surface area contributed by atoms with Gasteiger partial charge in [-0.05, 0) is 31.6 Å². The molecule has 2 unspecified atom stereocenters. The maximum Gasteiger partial charge on any atom is 0.417 e. The lowest BCUT2D eigenvalue weighted by Crippen LogP contribution is -2.11. The zero-order valence-corrected chi connectivity index (χ0v) is 8.46. The maximum absolute atomic E-state index is 9.85. The third kappa shape index (κ3) is 5.16. The van der Waals surface area contributed by atoms with E-state index < -0.39 is 0 Å². The summed E-state index contributed by atoms with van der Waals surface area (Å²) in [6, 6.07) is 0. The summed E-state index contributed by atoms with van der Waals surface area (Å²) in [5.74, 6) is 1.40. The van der Waals surface area contributed by atoms with E-state index in [4.69, 9.17) is 0 Å². The lowest BCUT2D eigenvalue weighted by Gasteiger charge is -2.16. The van der Waals surface area contributed by atoms with Crippen LogP contribution in [-0.4, -0.2) is 12.6 Å². The van der Waals surface area contributed by atoms with E-state index in [2.05, 4.69) is 25.5 Å². The second-order valence-electron chi connectivity index (χ2n) is 3.81. The Bertz CT molecular complexity index is 121. The molecule has 1 radical (unpaired) electrons. The highest BCUT2D eigenvalue weighted by molar-refractivity contribution is 5.38. The van der Waals surface area contributed by atoms with Crippen molar-refractivity contribution in [3.63, 3.8) is 0 Å². The van der Waals surface area contributed by atoms with E-state index in [0.29, 0.717) is 11.8 Å². The minimum absolute atomic E-state index is 0.0173. The Morgan fingerprint density at radius 1 is 1.17 bits per heavy atom. The first-order valence-corrected chi connectivity index (χ1v) is 4.60. The van der Waals surface area contributed by atoms with Crippen LogP contribution in [0.4, 0.5) is 0 Å². The van der Waals surface area contributed by atoms with Gasteiger partial charge in [0, 0.05) is 0 Å². The van der Waals surface area contributed by atoms with Crippen molar-refractivity contribution in [1.82, 2.24) is 0 Å². The Labute approximate surface area is 75.3 Å². The molecule has 0 aromatic carbocycles. The number of ether oxygens (including phenoxy) is 1. The lowest BCUT2D eigenvalue weighted by molar-refractivity contribution is 0.171. The normalized spacial score (nSPS) is 15.8. The summed E-state index contributed by atoms with van der Waals surface area (Å²) >= 11 is 0. The van der Waals surface area contributed by atoms with Gasteiger partial charge in [-0.15, -0.1) is 0 Å². The van der Waals surface area contributed by atoms with Crippen LogP contribution in [0.25, 0.3) is 0 Å². The first kappa shape index (κ1) is 11.5. The summed E-state index contributed by atoms with van der Waals surface area (Å²) in [6.45, 7) is 10.0. The van der Waals surface area contributed by atoms with Crippen LogP contribution in [0.3, 0.4) is 0 Å². The zero-order chi connectivity index (χ0) is 9.56. The molecule has 0 fully saturated rings. The molecule has 0 N–H and O–H groups in total. The first-order chi connectivity index (χ1) is 5.57. The average molecular weight is 171 g/mol. The molecule has 0 aromatic heterocycles. The minimum Gasteiger partial charge on any atom is -0.454 e. The zero-order valence-electron chi connectivity index (χ0n) is 8.46. The van der Waals surface area contributed by atoms with Gasteiger partial charge in [0.25, 0.3) is 0 Å². The van der Waals surface area contributed by atoms with Crippen LogP contribution in [0.2, 0.25) is 0 Å². The van der Waals surface area contributed by atoms with Crippen molar-refractivity contribution in [1.29, 1.82) is 0 Å². The molecule has 71 valence electrons. The molecule has 0 bridgehead atoms. The molecule has 0 aliphatic carbocycles. The molecule has 0 amide bonds. The van der Waals surface area contributed by atoms with E-state index in [1.54, 1.807) is 0 Å². The van der Waals surface area contributed by atoms with Gasteiger partial charge in [0.15, 0.2) is 0 Å². The number of hydrogen-bond donors (Lipinski definition) is 0. The van der Waals surface area contributed by atoms with E-state index in [1.807, 2.05) is 6.92 Å². The summed E-state index contributed by atoms with van der Waals surface area (Å²) in [6.07, 6.45) is 2.07. The Hall–Kier alpha value is -0.530. The fourth-order valence-electron chi connectivity index (χ4n) is 0.972. The molecule has 0 aliphatic rings. The van der Waals surface area contributed by atoms with Crippen molar-refractivity contribution in [2.45, 2.75) is 46.6 Å². The van der Waals surface area contributed by atoms with Gasteiger partial charge in [-0.3, -0.25) is 0 Å². The molecule has 0 heterocycles. The van der Waals surface area contributed by atoms with Gasteiger partial charge < -0.3 is 4.74 Å². The molecule has 0 rings (SSSR count). The third-order valence-electron chi connectivity index (χ3n) is 2.42. The van der Waals surface area contributed by atoms with Gasteiger partial charge in [0.05, 0.1) is 6.10 Å². The molecule has 12 heavy (non-hydrogen) atoms. The maximum atomic E-state index is 9.85. The number of carbonyl (C=O) groups excluding carboxylic acids is 1. The van der Waals surface area contributed by atoms with E-state index in [-0.39, 0.29) is 6.10 Å². The highest BCUT2D eigenvalue weighted by Gasteiger charge is 2.09. The Morgan fingerprint density at radius 3 is 2.17 bits per heavy atom. The third-order valence-corrected chi connectivity index (χ3v) is 2.42. The van der Waals surface area contributed by atoms with Crippen LogP contribution in [0.15, 0.2) is 0 Å². The SMILES string of the molecule is CC(CCC(C)C(C)C)O[C]=O. The van der Waals surface area contributed by atoms with Crippen molar-refractivity contribution in [3.8, 4) is 0 Å². The van der Waals surface area contributed by atoms with Crippen LogP contribution in [0.1, 0.15) is 40.5 Å². The molecule has 2 atom stereocenters. The predicted molar refractivity (Wildman–Crippen MR) is 49.5 cm³/mol. The summed E-state index contributed by atoms with van der Waals surface area (Å²) in [5.41, 5.74) is 0. The Morgan fingerprint density at radius 2 is 1.75 bits per heavy atom. The smallest absolute Gasteiger partial charge is 0.417 e. The largest absolute Gasteiger partial charge is 0.454 e. The van der Waals surface area contributed by atoms with E-state index >= 15 is 0 Å². The highest BCUT2D eigenvalue weighted by atomic mass is 16.5. The summed E-state index contributed by atoms with van der Waals surface area (Å²) in [7, 11) is 0. The average Bonchev–Trinajstić information content (AvgIpc) is 2.00. The summed E-state index contributed by atoms with van der Waals surface area (Å²) < 4.78 is 4.67. The summed E-state index contributed by atoms with van der Waals surface area (Å²) in [5, 5.41) is 0. The standard InChI is InChI=1S/C10H19O2/c1-8(2)9(3)5-6-10(4)12-7-11/h8-10H,5-6H2,1-4H3. The van der Waals surface area contributed by atoms with Crippen LogP contribution in [-0.2, 0) is 9.53 Å². The molecule has 2 nitrogen and oxygen atoms in total. The van der Waals surface area contributed by atoms with Gasteiger partial charge in [-0.1, -0.05) is 20.8 Å². The lowest BCUT2D eigenvalue weighted by atomic mass is 9.92. The van der Waals surface area contributed by atoms with E-state index in [1.165, 1.54) is 6.47 Å². The molecule has 0 aromatic rings. The molecule has 0 saturated heterocycles. The van der Waals surface area contributed by atoms with Crippen molar-refractivity contribution in [2.75, 3.05) is 0 Å². The molecule has 0 aliphatic heterocycles. The Kier molecular flexibility index (Phi) is 5.77. The first-order valence-electron chi connectivity index (χ1n) is 4.60. The van der Waals surface area contributed by atoms with Crippen LogP contribution in [0.5, 0.6) is 0 Å². The van der Waals surface area contributed by atoms with Crippen molar-refractivity contribution in [2.24, 2.45) is 11.8 Å². The highest BCUT2D eigenvalue weighted by Crippen LogP contribution is 2.17. The second-order valence-corrected chi connectivity index (χ2v) is 3.81. The fourth-order valence-corrected chi connectivity index (χ4v) is 0.972. The number of hydrogen-bond acceptors (Lipinski definition) is 2. The quantitative estimate of drug-likeness (QED) is 0.614. The van der Waals surface area contributed by atoms with Crippen LogP contribution >= 0.6 is 0 Å². The Balaban J connectivity index is 3.46. The van der Waals surface area contributed by atoms with Gasteiger partial charge in [0.2, 0.25) is 0 Å². The molecule has 0 saturated carbocycles. The van der Waals surface area contributed by atoms with Gasteiger partial charge in [-0.25, -0.2) is 4.79 Å². The topological polar surface area (TPSA) is 26.3 Å². The molecule has 2 heteroatoms. The van der Waals surface area contributed by atoms with Crippen LogP contribution < -0.4 is 0 Å². The van der Waals surface area contributed by atoms with Crippen molar-refractivity contribution >= 4 is 6.47 Å². The minimum atomic E-state index is 0.0173. The van der Waals surface area contributed by atoms with Crippen LogP contribution in [0, 0.1) is 11.8 Å². The van der Waals surface area contributed by atoms with Crippen molar-refractivity contribution in [3.05, 3.63) is 0 Å². The molecular weight excluding hydrogens is 152 g/mol. The summed E-state index contributed by atoms with van der Waals surface area (Å²) in [4.78, 5) is 9.85. The molecule has 0 spiro atoms. The van der Waals surface area contributed by atoms with Gasteiger partial charge in [-0.2, -0.15) is 0 Å². The van der Waals surface area contributed by atoms with Gasteiger partial charge in [0.1, 0.15) is 0 Å². The molecular formula is C10H19O2. The second kappa shape index (κ2) is 6.04. The van der Waals surface area contributed by atoms with E-state index in [0.717, 1.165) is 12.8 Å².